The molecule has 0 fully saturated rings. The summed E-state index contributed by atoms with van der Waals surface area (Å²) in [7, 11) is 0. The highest BCUT2D eigenvalue weighted by molar-refractivity contribution is 6.30. The third-order valence-corrected chi connectivity index (χ3v) is 2.22. The first-order chi connectivity index (χ1) is 6.56. The smallest absolute Gasteiger partial charge is 0.339 e. The lowest BCUT2D eigenvalue weighted by Crippen LogP contribution is -2.08. The fraction of sp³-hybridized carbons (Fsp3) is 0.400. The van der Waals surface area contributed by atoms with Crippen molar-refractivity contribution < 1.29 is 9.53 Å². The van der Waals surface area contributed by atoms with Gasteiger partial charge in [-0.3, -0.25) is 0 Å². The molecule has 0 aromatic carbocycles. The molecule has 0 radical (unpaired) electrons. The number of hydrogen-bond donors (Lipinski definition) is 0. The maximum Gasteiger partial charge on any atom is 0.339 e. The van der Waals surface area contributed by atoms with Crippen LogP contribution in [0.4, 0.5) is 0 Å². The highest BCUT2D eigenvalue weighted by Gasteiger charge is 2.12. The van der Waals surface area contributed by atoms with Crippen LogP contribution < -0.4 is 0 Å². The van der Waals surface area contributed by atoms with Crippen molar-refractivity contribution in [3.8, 4) is 0 Å². The molecule has 0 atom stereocenters. The summed E-state index contributed by atoms with van der Waals surface area (Å²) in [5, 5.41) is 0.426. The standard InChI is InChI=1S/C10H12ClNO2/c1-4-14-10(13)8-5-6(2)9(11)12-7(8)3/h5H,4H2,1-3H3. The molecule has 0 bridgehead atoms. The molecule has 1 aromatic heterocycles. The van der Waals surface area contributed by atoms with Crippen LogP contribution in [0.25, 0.3) is 0 Å². The Hall–Kier alpha value is -1.09. The molecule has 0 spiro atoms. The summed E-state index contributed by atoms with van der Waals surface area (Å²) < 4.78 is 4.88. The molecule has 0 saturated carbocycles. The Balaban J connectivity index is 3.09. The fourth-order valence-corrected chi connectivity index (χ4v) is 1.27. The van der Waals surface area contributed by atoms with Crippen LogP contribution in [0, 0.1) is 13.8 Å². The topological polar surface area (TPSA) is 39.2 Å². The molecule has 0 aliphatic heterocycles. The second-order valence-corrected chi connectivity index (χ2v) is 3.31. The first-order valence-electron chi connectivity index (χ1n) is 4.37. The van der Waals surface area contributed by atoms with Crippen molar-refractivity contribution >= 4 is 17.6 Å². The third kappa shape index (κ3) is 2.23. The number of carbonyl (C=O) groups excluding carboxylic acids is 1. The molecule has 1 aromatic rings. The summed E-state index contributed by atoms with van der Waals surface area (Å²) in [6.45, 7) is 5.67. The third-order valence-electron chi connectivity index (χ3n) is 1.84. The zero-order valence-corrected chi connectivity index (χ0v) is 9.18. The summed E-state index contributed by atoms with van der Waals surface area (Å²) in [6.07, 6.45) is 0. The van der Waals surface area contributed by atoms with Gasteiger partial charge in [0.1, 0.15) is 5.15 Å². The number of aryl methyl sites for hydroxylation is 2. The number of ether oxygens (including phenoxy) is 1. The average molecular weight is 214 g/mol. The van der Waals surface area contributed by atoms with Gasteiger partial charge in [0.25, 0.3) is 0 Å². The molecule has 1 heterocycles. The zero-order chi connectivity index (χ0) is 10.7. The van der Waals surface area contributed by atoms with E-state index < -0.39 is 0 Å². The molecule has 3 nitrogen and oxygen atoms in total. The molecule has 0 saturated heterocycles. The summed E-state index contributed by atoms with van der Waals surface area (Å²) in [6, 6.07) is 1.70. The molecule has 0 aliphatic carbocycles. The second kappa shape index (κ2) is 4.42. The normalized spacial score (nSPS) is 10.0. The molecule has 0 N–H and O–H groups in total. The van der Waals surface area contributed by atoms with Crippen molar-refractivity contribution in [2.45, 2.75) is 20.8 Å². The van der Waals surface area contributed by atoms with E-state index in [9.17, 15) is 4.79 Å². The van der Waals surface area contributed by atoms with E-state index in [1.54, 1.807) is 26.8 Å². The lowest BCUT2D eigenvalue weighted by molar-refractivity contribution is 0.0525. The van der Waals surface area contributed by atoms with Gasteiger partial charge >= 0.3 is 5.97 Å². The van der Waals surface area contributed by atoms with Crippen molar-refractivity contribution in [1.82, 2.24) is 4.98 Å². The summed E-state index contributed by atoms with van der Waals surface area (Å²) in [5.74, 6) is -0.350. The van der Waals surface area contributed by atoms with Gasteiger partial charge in [0.05, 0.1) is 17.9 Å². The van der Waals surface area contributed by atoms with Crippen LogP contribution >= 0.6 is 11.6 Å². The van der Waals surface area contributed by atoms with Gasteiger partial charge in [-0.1, -0.05) is 11.6 Å². The molecule has 0 unspecified atom stereocenters. The number of pyridine rings is 1. The van der Waals surface area contributed by atoms with Crippen LogP contribution in [0.2, 0.25) is 5.15 Å². The number of hydrogen-bond acceptors (Lipinski definition) is 3. The Morgan fingerprint density at radius 3 is 2.79 bits per heavy atom. The van der Waals surface area contributed by atoms with Gasteiger partial charge in [-0.2, -0.15) is 0 Å². The predicted octanol–water partition coefficient (Wildman–Crippen LogP) is 2.53. The van der Waals surface area contributed by atoms with Gasteiger partial charge in [-0.05, 0) is 32.4 Å². The minimum absolute atomic E-state index is 0.350. The number of aromatic nitrogens is 1. The minimum Gasteiger partial charge on any atom is -0.462 e. The molecule has 0 amide bonds. The van der Waals surface area contributed by atoms with Crippen LogP contribution in [-0.4, -0.2) is 17.6 Å². The predicted molar refractivity (Wildman–Crippen MR) is 54.7 cm³/mol. The van der Waals surface area contributed by atoms with Crippen molar-refractivity contribution in [3.05, 3.63) is 28.0 Å². The number of halogens is 1. The van der Waals surface area contributed by atoms with Crippen molar-refractivity contribution in [3.63, 3.8) is 0 Å². The maximum atomic E-state index is 11.4. The van der Waals surface area contributed by atoms with Gasteiger partial charge in [0.15, 0.2) is 0 Å². The summed E-state index contributed by atoms with van der Waals surface area (Å²) in [5.41, 5.74) is 1.85. The number of nitrogens with zero attached hydrogens (tertiary/aromatic N) is 1. The Morgan fingerprint density at radius 1 is 1.57 bits per heavy atom. The highest BCUT2D eigenvalue weighted by Crippen LogP contribution is 2.17. The van der Waals surface area contributed by atoms with Crippen LogP contribution in [0.3, 0.4) is 0 Å². The second-order valence-electron chi connectivity index (χ2n) is 2.95. The number of carbonyl (C=O) groups is 1. The first-order valence-corrected chi connectivity index (χ1v) is 4.75. The average Bonchev–Trinajstić information content (AvgIpc) is 2.11. The Morgan fingerprint density at radius 2 is 2.21 bits per heavy atom. The van der Waals surface area contributed by atoms with E-state index >= 15 is 0 Å². The van der Waals surface area contributed by atoms with E-state index in [1.165, 1.54) is 0 Å². The van der Waals surface area contributed by atoms with Gasteiger partial charge < -0.3 is 4.74 Å². The quantitative estimate of drug-likeness (QED) is 0.560. The van der Waals surface area contributed by atoms with E-state index in [4.69, 9.17) is 16.3 Å². The van der Waals surface area contributed by atoms with E-state index in [0.29, 0.717) is 23.0 Å². The van der Waals surface area contributed by atoms with Crippen molar-refractivity contribution in [1.29, 1.82) is 0 Å². The lowest BCUT2D eigenvalue weighted by atomic mass is 10.1. The summed E-state index contributed by atoms with van der Waals surface area (Å²) in [4.78, 5) is 15.5. The van der Waals surface area contributed by atoms with Crippen LogP contribution in [0.5, 0.6) is 0 Å². The van der Waals surface area contributed by atoms with Crippen LogP contribution in [0.1, 0.15) is 28.5 Å². The number of esters is 1. The molecular weight excluding hydrogens is 202 g/mol. The Labute approximate surface area is 88.1 Å². The first kappa shape index (κ1) is 11.0. The van der Waals surface area contributed by atoms with E-state index in [1.807, 2.05) is 0 Å². The molecule has 76 valence electrons. The van der Waals surface area contributed by atoms with Gasteiger partial charge in [0.2, 0.25) is 0 Å². The van der Waals surface area contributed by atoms with Crippen LogP contribution in [0.15, 0.2) is 6.07 Å². The zero-order valence-electron chi connectivity index (χ0n) is 8.43. The SMILES string of the molecule is CCOC(=O)c1cc(C)c(Cl)nc1C. The monoisotopic (exact) mass is 213 g/mol. The van der Waals surface area contributed by atoms with Gasteiger partial charge in [-0.25, -0.2) is 9.78 Å². The summed E-state index contributed by atoms with van der Waals surface area (Å²) >= 11 is 5.80. The van der Waals surface area contributed by atoms with Crippen LogP contribution in [-0.2, 0) is 4.74 Å². The Kier molecular flexibility index (Phi) is 3.47. The number of rotatable bonds is 2. The maximum absolute atomic E-state index is 11.4. The Bertz CT molecular complexity index is 363. The fourth-order valence-electron chi connectivity index (χ4n) is 1.09. The van der Waals surface area contributed by atoms with Crippen molar-refractivity contribution in [2.24, 2.45) is 0 Å². The van der Waals surface area contributed by atoms with Gasteiger partial charge in [0, 0.05) is 0 Å². The van der Waals surface area contributed by atoms with E-state index in [2.05, 4.69) is 4.98 Å². The largest absolute Gasteiger partial charge is 0.462 e. The molecule has 1 rings (SSSR count). The van der Waals surface area contributed by atoms with Gasteiger partial charge in [-0.15, -0.1) is 0 Å². The van der Waals surface area contributed by atoms with Crippen molar-refractivity contribution in [2.75, 3.05) is 6.61 Å². The molecule has 14 heavy (non-hydrogen) atoms. The lowest BCUT2D eigenvalue weighted by Gasteiger charge is -2.06. The molecular formula is C10H12ClNO2. The molecule has 4 heteroatoms. The molecule has 0 aliphatic rings. The highest BCUT2D eigenvalue weighted by atomic mass is 35.5. The van der Waals surface area contributed by atoms with E-state index in [0.717, 1.165) is 5.56 Å². The minimum atomic E-state index is -0.350. The van der Waals surface area contributed by atoms with E-state index in [-0.39, 0.29) is 5.97 Å².